The van der Waals surface area contributed by atoms with Gasteiger partial charge in [-0.3, -0.25) is 14.9 Å². The molecule has 7 heteroatoms. The molecule has 1 N–H and O–H groups in total. The number of nitrogens with one attached hydrogen (secondary N) is 1. The molecule has 1 aliphatic carbocycles. The van der Waals surface area contributed by atoms with E-state index in [-0.39, 0.29) is 22.8 Å². The summed E-state index contributed by atoms with van der Waals surface area (Å²) in [5, 5.41) is 18.3. The molecule has 0 bridgehead atoms. The highest BCUT2D eigenvalue weighted by Crippen LogP contribution is 2.49. The van der Waals surface area contributed by atoms with E-state index in [1.54, 1.807) is 12.1 Å². The van der Waals surface area contributed by atoms with Gasteiger partial charge in [0.2, 0.25) is 5.88 Å². The van der Waals surface area contributed by atoms with E-state index in [0.29, 0.717) is 18.0 Å². The summed E-state index contributed by atoms with van der Waals surface area (Å²) in [5.41, 5.74) is 3.83. The zero-order valence-electron chi connectivity index (χ0n) is 14.8. The highest BCUT2D eigenvalue weighted by molar-refractivity contribution is 6.01. The fourth-order valence-electron chi connectivity index (χ4n) is 3.99. The normalized spacial score (nSPS) is 21.0. The standard InChI is InChI=1S/C19H19N3O4/c1-10-15-16(11-4-6-12(7-5-11)22(24)25)17-13(20-18(15)26-21-10)8-19(2,3)9-14(17)23/h4-7,16,20H,8-9H2,1-3H3/t16-/m1/s1. The SMILES string of the molecule is Cc1noc2c1[C@@H](c1ccc([N+](=O)[O-])cc1)C1=C(CC(C)(C)CC1=O)N2. The number of nitrogens with zero attached hydrogens (tertiary/aromatic N) is 2. The average molecular weight is 353 g/mol. The fourth-order valence-corrected chi connectivity index (χ4v) is 3.99. The molecule has 1 atom stereocenters. The van der Waals surface area contributed by atoms with Crippen LogP contribution >= 0.6 is 0 Å². The number of carbonyl (C=O) groups is 1. The number of nitro groups is 1. The Morgan fingerprint density at radius 2 is 1.96 bits per heavy atom. The monoisotopic (exact) mass is 353 g/mol. The van der Waals surface area contributed by atoms with Crippen LogP contribution in [0.15, 0.2) is 40.1 Å². The maximum Gasteiger partial charge on any atom is 0.269 e. The Morgan fingerprint density at radius 1 is 1.27 bits per heavy atom. The van der Waals surface area contributed by atoms with E-state index in [0.717, 1.165) is 28.8 Å². The van der Waals surface area contributed by atoms with Gasteiger partial charge >= 0.3 is 0 Å². The third-order valence-corrected chi connectivity index (χ3v) is 5.11. The van der Waals surface area contributed by atoms with Crippen molar-refractivity contribution < 1.29 is 14.2 Å². The molecule has 0 radical (unpaired) electrons. The topological polar surface area (TPSA) is 98.3 Å². The summed E-state index contributed by atoms with van der Waals surface area (Å²) in [6.07, 6.45) is 1.20. The summed E-state index contributed by atoms with van der Waals surface area (Å²) >= 11 is 0. The van der Waals surface area contributed by atoms with Crippen molar-refractivity contribution in [3.63, 3.8) is 0 Å². The van der Waals surface area contributed by atoms with Crippen LogP contribution in [0.2, 0.25) is 0 Å². The quantitative estimate of drug-likeness (QED) is 0.645. The van der Waals surface area contributed by atoms with Gasteiger partial charge in [0.05, 0.1) is 16.2 Å². The average Bonchev–Trinajstić information content (AvgIpc) is 2.93. The van der Waals surface area contributed by atoms with Gasteiger partial charge in [-0.2, -0.15) is 0 Å². The number of Topliss-reactive ketones (excluding diaryl/α,β-unsaturated/α-hetero) is 1. The number of non-ortho nitro benzene ring substituents is 1. The molecule has 2 aliphatic rings. The number of carbonyl (C=O) groups excluding carboxylic acids is 1. The van der Waals surface area contributed by atoms with Gasteiger partial charge in [-0.1, -0.05) is 31.1 Å². The van der Waals surface area contributed by atoms with Gasteiger partial charge in [0, 0.05) is 35.7 Å². The van der Waals surface area contributed by atoms with E-state index in [2.05, 4.69) is 24.3 Å². The van der Waals surface area contributed by atoms with Crippen LogP contribution in [0.3, 0.4) is 0 Å². The van der Waals surface area contributed by atoms with Crippen LogP contribution in [0, 0.1) is 22.5 Å². The van der Waals surface area contributed by atoms with E-state index >= 15 is 0 Å². The number of aryl methyl sites for hydroxylation is 1. The van der Waals surface area contributed by atoms with Crippen molar-refractivity contribution in [3.8, 4) is 0 Å². The molecule has 2 heterocycles. The van der Waals surface area contributed by atoms with Crippen LogP contribution < -0.4 is 5.32 Å². The lowest BCUT2D eigenvalue weighted by molar-refractivity contribution is -0.384. The van der Waals surface area contributed by atoms with Crippen LogP contribution in [0.25, 0.3) is 0 Å². The molecule has 0 unspecified atom stereocenters. The number of hydrogen-bond acceptors (Lipinski definition) is 6. The molecule has 1 aromatic heterocycles. The second-order valence-corrected chi connectivity index (χ2v) is 7.75. The Kier molecular flexibility index (Phi) is 3.50. The minimum absolute atomic E-state index is 0.0234. The van der Waals surface area contributed by atoms with Crippen molar-refractivity contribution in [1.82, 2.24) is 5.16 Å². The van der Waals surface area contributed by atoms with Crippen LogP contribution in [0.4, 0.5) is 11.6 Å². The van der Waals surface area contributed by atoms with Crippen LogP contribution in [-0.2, 0) is 4.79 Å². The molecule has 0 saturated carbocycles. The molecular weight excluding hydrogens is 334 g/mol. The molecule has 0 fully saturated rings. The van der Waals surface area contributed by atoms with Gasteiger partial charge in [-0.05, 0) is 24.3 Å². The Balaban J connectivity index is 1.89. The Labute approximate surface area is 150 Å². The number of hydrogen-bond donors (Lipinski definition) is 1. The van der Waals surface area contributed by atoms with Crippen molar-refractivity contribution in [1.29, 1.82) is 0 Å². The first-order chi connectivity index (χ1) is 12.3. The number of nitro benzene ring substituents is 1. The molecule has 4 rings (SSSR count). The van der Waals surface area contributed by atoms with Gasteiger partial charge in [0.25, 0.3) is 5.69 Å². The molecule has 0 amide bonds. The predicted molar refractivity (Wildman–Crippen MR) is 94.9 cm³/mol. The van der Waals surface area contributed by atoms with Crippen molar-refractivity contribution >= 4 is 17.4 Å². The summed E-state index contributed by atoms with van der Waals surface area (Å²) in [7, 11) is 0. The van der Waals surface area contributed by atoms with Crippen LogP contribution in [-0.4, -0.2) is 15.9 Å². The lowest BCUT2D eigenvalue weighted by Gasteiger charge is -2.37. The highest BCUT2D eigenvalue weighted by atomic mass is 16.6. The molecule has 1 aliphatic heterocycles. The van der Waals surface area contributed by atoms with Crippen molar-refractivity contribution in [2.24, 2.45) is 5.41 Å². The Morgan fingerprint density at radius 3 is 2.62 bits per heavy atom. The maximum atomic E-state index is 13.0. The zero-order valence-corrected chi connectivity index (χ0v) is 14.8. The molecular formula is C19H19N3O4. The maximum absolute atomic E-state index is 13.0. The zero-order chi connectivity index (χ0) is 18.6. The van der Waals surface area contributed by atoms with E-state index in [9.17, 15) is 14.9 Å². The van der Waals surface area contributed by atoms with E-state index in [1.807, 2.05) is 6.92 Å². The van der Waals surface area contributed by atoms with E-state index < -0.39 is 4.92 Å². The van der Waals surface area contributed by atoms with E-state index in [1.165, 1.54) is 12.1 Å². The molecule has 1 aromatic carbocycles. The lowest BCUT2D eigenvalue weighted by Crippen LogP contribution is -2.33. The van der Waals surface area contributed by atoms with Crippen LogP contribution in [0.5, 0.6) is 0 Å². The number of ketones is 1. The first-order valence-electron chi connectivity index (χ1n) is 8.50. The first-order valence-corrected chi connectivity index (χ1v) is 8.50. The third kappa shape index (κ3) is 2.51. The summed E-state index contributed by atoms with van der Waals surface area (Å²) < 4.78 is 5.44. The number of benzene rings is 1. The summed E-state index contributed by atoms with van der Waals surface area (Å²) in [4.78, 5) is 23.5. The van der Waals surface area contributed by atoms with Gasteiger partial charge in [-0.15, -0.1) is 0 Å². The van der Waals surface area contributed by atoms with Crippen LogP contribution in [0.1, 0.15) is 49.4 Å². The minimum Gasteiger partial charge on any atom is -0.338 e. The van der Waals surface area contributed by atoms with Gasteiger partial charge in [0.1, 0.15) is 0 Å². The first kappa shape index (κ1) is 16.5. The summed E-state index contributed by atoms with van der Waals surface area (Å²) in [6, 6.07) is 6.36. The Hall–Kier alpha value is -2.96. The summed E-state index contributed by atoms with van der Waals surface area (Å²) in [5.74, 6) is 0.324. The summed E-state index contributed by atoms with van der Waals surface area (Å²) in [6.45, 7) is 5.97. The van der Waals surface area contributed by atoms with E-state index in [4.69, 9.17) is 4.52 Å². The van der Waals surface area contributed by atoms with Crippen molar-refractivity contribution in [2.45, 2.75) is 39.5 Å². The molecule has 7 nitrogen and oxygen atoms in total. The molecule has 0 saturated heterocycles. The highest BCUT2D eigenvalue weighted by Gasteiger charge is 2.42. The minimum atomic E-state index is -0.429. The molecule has 2 aromatic rings. The number of aromatic nitrogens is 1. The molecule has 134 valence electrons. The predicted octanol–water partition coefficient (Wildman–Crippen LogP) is 4.09. The van der Waals surface area contributed by atoms with Gasteiger partial charge < -0.3 is 9.84 Å². The lowest BCUT2D eigenvalue weighted by atomic mass is 9.69. The molecule has 0 spiro atoms. The number of rotatable bonds is 2. The largest absolute Gasteiger partial charge is 0.338 e. The second kappa shape index (κ2) is 5.52. The number of fused-ring (bicyclic) bond motifs is 1. The van der Waals surface area contributed by atoms with Crippen molar-refractivity contribution in [3.05, 3.63) is 62.5 Å². The van der Waals surface area contributed by atoms with Gasteiger partial charge in [-0.25, -0.2) is 0 Å². The van der Waals surface area contributed by atoms with Gasteiger partial charge in [0.15, 0.2) is 5.78 Å². The van der Waals surface area contributed by atoms with Crippen molar-refractivity contribution in [2.75, 3.05) is 5.32 Å². The number of allylic oxidation sites excluding steroid dienone is 2. The third-order valence-electron chi connectivity index (χ3n) is 5.11. The fraction of sp³-hybridized carbons (Fsp3) is 0.368. The molecule has 26 heavy (non-hydrogen) atoms. The second-order valence-electron chi connectivity index (χ2n) is 7.75. The Bertz CT molecular complexity index is 954. The smallest absolute Gasteiger partial charge is 0.269 e. The number of anilines is 1.